The standard InChI is InChI=1S/C19H24N3O2S.C12H18.ClH.Ru/c20-18(16-10-4-1-5-11-16)19(17-12-6-2-7-13-17)21-25(23,24)22-14-8-3-9-15-22;1-7-8(2)10(4)12(6)11(5)9(7)3;;/h1-2,4-7,10-13,18-19H,3,8-9,14-15,20H2;1-6H3;1H;/q-1;;;+2/p-1/t18-,19-;;;/m0.../s1. The van der Waals surface area contributed by atoms with Crippen molar-refractivity contribution in [2.75, 3.05) is 13.1 Å². The van der Waals surface area contributed by atoms with E-state index >= 15 is 0 Å². The van der Waals surface area contributed by atoms with Gasteiger partial charge in [-0.15, -0.1) is 0 Å². The molecule has 3 aromatic rings. The Hall–Kier alpha value is -1.60. The van der Waals surface area contributed by atoms with Crippen LogP contribution in [-0.4, -0.2) is 25.8 Å². The van der Waals surface area contributed by atoms with E-state index < -0.39 is 22.3 Å². The van der Waals surface area contributed by atoms with Gasteiger partial charge >= 0.3 is 27.0 Å². The molecule has 1 saturated heterocycles. The normalized spacial score (nSPS) is 15.3. The van der Waals surface area contributed by atoms with E-state index in [9.17, 15) is 8.42 Å². The number of nitrogens with two attached hydrogens (primary N) is 1. The number of benzene rings is 3. The number of nitrogens with zero attached hydrogens (tertiary/aromatic N) is 2. The summed E-state index contributed by atoms with van der Waals surface area (Å²) in [6, 6.07) is 17.8. The average Bonchev–Trinajstić information content (AvgIpc) is 2.99. The maximum atomic E-state index is 12.8. The second kappa shape index (κ2) is 16.0. The molecule has 1 heterocycles. The fourth-order valence-corrected chi connectivity index (χ4v) is 6.23. The van der Waals surface area contributed by atoms with Gasteiger partial charge in [0.05, 0.1) is 0 Å². The van der Waals surface area contributed by atoms with Crippen LogP contribution in [0.2, 0.25) is 0 Å². The van der Waals surface area contributed by atoms with Crippen LogP contribution in [0.3, 0.4) is 0 Å². The van der Waals surface area contributed by atoms with Crippen molar-refractivity contribution in [3.63, 3.8) is 0 Å². The van der Waals surface area contributed by atoms with Crippen LogP contribution in [0.15, 0.2) is 60.7 Å². The van der Waals surface area contributed by atoms with Gasteiger partial charge in [0.25, 0.3) is 0 Å². The number of rotatable bonds is 6. The van der Waals surface area contributed by atoms with Crippen molar-refractivity contribution in [2.45, 2.75) is 72.9 Å². The summed E-state index contributed by atoms with van der Waals surface area (Å²) in [5.74, 6) is 0. The molecule has 1 fully saturated rings. The summed E-state index contributed by atoms with van der Waals surface area (Å²) in [5, 5.41) is 0. The summed E-state index contributed by atoms with van der Waals surface area (Å²) in [6.45, 7) is 14.3. The molecule has 0 bridgehead atoms. The van der Waals surface area contributed by atoms with Gasteiger partial charge in [-0.25, -0.2) is 12.7 Å². The summed E-state index contributed by atoms with van der Waals surface area (Å²) >= 11 is 1.82. The van der Waals surface area contributed by atoms with Gasteiger partial charge in [0.15, 0.2) is 0 Å². The van der Waals surface area contributed by atoms with Gasteiger partial charge in [0.1, 0.15) is 10.2 Å². The molecular weight excluding hydrogens is 615 g/mol. The average molecular weight is 657 g/mol. The van der Waals surface area contributed by atoms with E-state index in [4.69, 9.17) is 5.73 Å². The van der Waals surface area contributed by atoms with Crippen molar-refractivity contribution in [1.82, 2.24) is 4.31 Å². The first-order valence-electron chi connectivity index (χ1n) is 13.3. The Bertz CT molecular complexity index is 1180. The van der Waals surface area contributed by atoms with Crippen LogP contribution >= 0.6 is 9.69 Å². The van der Waals surface area contributed by atoms with E-state index in [1.165, 1.54) is 37.7 Å². The first-order chi connectivity index (χ1) is 18.5. The zero-order valence-corrected chi connectivity index (χ0v) is 27.2. The minimum atomic E-state index is -3.71. The molecule has 39 heavy (non-hydrogen) atoms. The fraction of sp³-hybridized carbons (Fsp3) is 0.419. The van der Waals surface area contributed by atoms with E-state index in [1.54, 1.807) is 0 Å². The Kier molecular flexibility index (Phi) is 13.8. The molecule has 0 aliphatic carbocycles. The third-order valence-electron chi connectivity index (χ3n) is 7.93. The summed E-state index contributed by atoms with van der Waals surface area (Å²) in [5.41, 5.74) is 16.8. The van der Waals surface area contributed by atoms with Crippen molar-refractivity contribution < 1.29 is 25.7 Å². The Morgan fingerprint density at radius 3 is 1.44 bits per heavy atom. The SMILES string of the molecule is Cc1c(C)c(C)c(C)c(C)c1C.N[C@@H](c1ccccc1)[C@@H]([N-]S(=O)(=O)N1CCCCC1)c1ccccc1.[Cl][Ru+]. The predicted octanol–water partition coefficient (Wildman–Crippen LogP) is 7.76. The van der Waals surface area contributed by atoms with Crippen molar-refractivity contribution in [3.05, 3.63) is 110 Å². The van der Waals surface area contributed by atoms with Gasteiger partial charge in [0, 0.05) is 19.1 Å². The third-order valence-corrected chi connectivity index (χ3v) is 9.44. The summed E-state index contributed by atoms with van der Waals surface area (Å²) in [6.07, 6.45) is 2.84. The van der Waals surface area contributed by atoms with Gasteiger partial charge in [0.2, 0.25) is 0 Å². The summed E-state index contributed by atoms with van der Waals surface area (Å²) in [4.78, 5) is 0. The number of halogens is 1. The first-order valence-corrected chi connectivity index (χ1v) is 16.9. The molecule has 0 unspecified atom stereocenters. The van der Waals surface area contributed by atoms with Crippen LogP contribution in [-0.2, 0) is 27.5 Å². The molecule has 1 aliphatic rings. The molecule has 1 aliphatic heterocycles. The summed E-state index contributed by atoms with van der Waals surface area (Å²) in [7, 11) is 0.864. The second-order valence-electron chi connectivity index (χ2n) is 10.1. The molecule has 0 saturated carbocycles. The van der Waals surface area contributed by atoms with Gasteiger partial charge in [-0.1, -0.05) is 78.7 Å². The van der Waals surface area contributed by atoms with Gasteiger partial charge < -0.3 is 10.5 Å². The van der Waals surface area contributed by atoms with Crippen LogP contribution in [0.5, 0.6) is 0 Å². The Balaban J connectivity index is 0.000000320. The maximum absolute atomic E-state index is 12.8. The molecular formula is C31H42ClN3O2RuS. The van der Waals surface area contributed by atoms with E-state index in [1.807, 2.05) is 78.0 Å². The molecule has 4 rings (SSSR count). The molecule has 0 amide bonds. The molecule has 0 radical (unpaired) electrons. The van der Waals surface area contributed by atoms with E-state index in [-0.39, 0.29) is 0 Å². The zero-order chi connectivity index (χ0) is 29.2. The number of hydrogen-bond acceptors (Lipinski definition) is 3. The molecule has 8 heteroatoms. The van der Waals surface area contributed by atoms with Gasteiger partial charge in [-0.05, 0) is 93.3 Å². The third kappa shape index (κ3) is 8.95. The van der Waals surface area contributed by atoms with Gasteiger partial charge in [-0.2, -0.15) is 0 Å². The Labute approximate surface area is 250 Å². The van der Waals surface area contributed by atoms with E-state index in [0.717, 1.165) is 30.4 Å². The molecule has 2 N–H and O–H groups in total. The monoisotopic (exact) mass is 657 g/mol. The van der Waals surface area contributed by atoms with E-state index in [0.29, 0.717) is 13.1 Å². The van der Waals surface area contributed by atoms with Crippen molar-refractivity contribution >= 4 is 19.9 Å². The molecule has 2 atom stereocenters. The first kappa shape index (κ1) is 33.6. The zero-order valence-electron chi connectivity index (χ0n) is 23.9. The molecule has 5 nitrogen and oxygen atoms in total. The molecule has 3 aromatic carbocycles. The topological polar surface area (TPSA) is 77.5 Å². The van der Waals surface area contributed by atoms with Crippen LogP contribution in [0, 0.1) is 41.5 Å². The summed E-state index contributed by atoms with van der Waals surface area (Å²) < 4.78 is 31.3. The van der Waals surface area contributed by atoms with Crippen molar-refractivity contribution in [1.29, 1.82) is 0 Å². The number of piperidine rings is 1. The second-order valence-corrected chi connectivity index (χ2v) is 11.7. The molecule has 0 spiro atoms. The van der Waals surface area contributed by atoms with E-state index in [2.05, 4.69) is 56.0 Å². The van der Waals surface area contributed by atoms with Crippen molar-refractivity contribution in [3.8, 4) is 0 Å². The quantitative estimate of drug-likeness (QED) is 0.276. The van der Waals surface area contributed by atoms with Crippen LogP contribution < -0.4 is 5.73 Å². The van der Waals surface area contributed by atoms with Crippen LogP contribution in [0.25, 0.3) is 4.72 Å². The Morgan fingerprint density at radius 2 is 1.05 bits per heavy atom. The van der Waals surface area contributed by atoms with Crippen LogP contribution in [0.4, 0.5) is 0 Å². The number of hydrogen-bond donors (Lipinski definition) is 1. The fourth-order valence-electron chi connectivity index (χ4n) is 4.83. The Morgan fingerprint density at radius 1 is 0.692 bits per heavy atom. The molecule has 0 aromatic heterocycles. The minimum absolute atomic E-state index is 0.525. The molecule has 214 valence electrons. The van der Waals surface area contributed by atoms with Crippen LogP contribution in [0.1, 0.15) is 75.9 Å². The van der Waals surface area contributed by atoms with Crippen molar-refractivity contribution in [2.24, 2.45) is 5.73 Å². The van der Waals surface area contributed by atoms with Gasteiger partial charge in [-0.3, -0.25) is 0 Å². The predicted molar refractivity (Wildman–Crippen MR) is 161 cm³/mol.